The number of aryl methyl sites for hydroxylation is 1. The predicted molar refractivity (Wildman–Crippen MR) is 87.1 cm³/mol. The summed E-state index contributed by atoms with van der Waals surface area (Å²) >= 11 is 0. The highest BCUT2D eigenvalue weighted by Crippen LogP contribution is 2.28. The molecule has 2 unspecified atom stereocenters. The number of hydrogen-bond donors (Lipinski definition) is 2. The van der Waals surface area contributed by atoms with Crippen molar-refractivity contribution in [3.63, 3.8) is 0 Å². The van der Waals surface area contributed by atoms with Crippen molar-refractivity contribution in [3.8, 4) is 0 Å². The second-order valence-corrected chi connectivity index (χ2v) is 6.28. The maximum absolute atomic E-state index is 12.9. The maximum atomic E-state index is 12.9. The number of H-pyrrole nitrogens is 1. The average Bonchev–Trinajstić information content (AvgIpc) is 3.16. The number of nitrogens with zero attached hydrogens (tertiary/aromatic N) is 1. The summed E-state index contributed by atoms with van der Waals surface area (Å²) < 4.78 is 5.30. The first-order chi connectivity index (χ1) is 11.2. The summed E-state index contributed by atoms with van der Waals surface area (Å²) in [4.78, 5) is 17.9. The normalized spacial score (nSPS) is 20.3. The third-order valence-electron chi connectivity index (χ3n) is 4.69. The Morgan fingerprint density at radius 1 is 1.43 bits per heavy atom. The molecular weight excluding hydrogens is 292 g/mol. The number of nitrogens with one attached hydrogen (secondary N) is 1. The van der Waals surface area contributed by atoms with Gasteiger partial charge >= 0.3 is 0 Å². The molecule has 2 atom stereocenters. The van der Waals surface area contributed by atoms with E-state index in [0.29, 0.717) is 12.2 Å². The van der Waals surface area contributed by atoms with E-state index in [1.807, 2.05) is 17.9 Å². The van der Waals surface area contributed by atoms with Crippen LogP contribution in [0.1, 0.15) is 60.0 Å². The number of likely N-dealkylation sites (tertiary alicyclic amines) is 1. The zero-order chi connectivity index (χ0) is 16.2. The lowest BCUT2D eigenvalue weighted by atomic mass is 10.0. The third-order valence-corrected chi connectivity index (χ3v) is 4.69. The second-order valence-electron chi connectivity index (χ2n) is 6.28. The van der Waals surface area contributed by atoms with Crippen LogP contribution in [0.3, 0.4) is 0 Å². The van der Waals surface area contributed by atoms with E-state index in [4.69, 9.17) is 4.42 Å². The second kappa shape index (κ2) is 7.04. The lowest BCUT2D eigenvalue weighted by Crippen LogP contribution is -2.41. The zero-order valence-electron chi connectivity index (χ0n) is 13.5. The Balaban J connectivity index is 1.77. The van der Waals surface area contributed by atoms with E-state index in [0.717, 1.165) is 43.5 Å². The van der Waals surface area contributed by atoms with Crippen LogP contribution in [0, 0.1) is 6.92 Å². The summed E-state index contributed by atoms with van der Waals surface area (Å²) in [5.41, 5.74) is 1.62. The molecule has 0 spiro atoms. The van der Waals surface area contributed by atoms with Gasteiger partial charge in [-0.3, -0.25) is 4.79 Å². The van der Waals surface area contributed by atoms with Crippen molar-refractivity contribution < 1.29 is 14.3 Å². The Labute approximate surface area is 136 Å². The number of carbonyl (C=O) groups excluding carboxylic acids is 1. The number of hydrogen-bond acceptors (Lipinski definition) is 3. The minimum absolute atomic E-state index is 0.0411. The van der Waals surface area contributed by atoms with E-state index in [-0.39, 0.29) is 11.9 Å². The van der Waals surface area contributed by atoms with Crippen molar-refractivity contribution >= 4 is 5.91 Å². The van der Waals surface area contributed by atoms with Gasteiger partial charge in [0.15, 0.2) is 0 Å². The van der Waals surface area contributed by atoms with Gasteiger partial charge in [-0.1, -0.05) is 12.8 Å². The minimum Gasteiger partial charge on any atom is -0.467 e. The van der Waals surface area contributed by atoms with Crippen molar-refractivity contribution in [3.05, 3.63) is 47.7 Å². The van der Waals surface area contributed by atoms with Crippen LogP contribution in [0.5, 0.6) is 0 Å². The SMILES string of the molecule is Cc1[nH]ccc1C(=O)N1CCCCCC1CC(O)c1ccco1. The van der Waals surface area contributed by atoms with E-state index in [2.05, 4.69) is 4.98 Å². The van der Waals surface area contributed by atoms with Crippen molar-refractivity contribution in [2.45, 2.75) is 51.2 Å². The first kappa shape index (κ1) is 15.9. The van der Waals surface area contributed by atoms with E-state index in [1.54, 1.807) is 24.6 Å². The largest absolute Gasteiger partial charge is 0.467 e. The topological polar surface area (TPSA) is 69.5 Å². The van der Waals surface area contributed by atoms with Crippen LogP contribution in [0.15, 0.2) is 35.1 Å². The first-order valence-corrected chi connectivity index (χ1v) is 8.33. The molecule has 1 saturated heterocycles. The summed E-state index contributed by atoms with van der Waals surface area (Å²) in [6, 6.07) is 5.43. The molecule has 1 amide bonds. The fourth-order valence-electron chi connectivity index (χ4n) is 3.38. The molecule has 0 aromatic carbocycles. The van der Waals surface area contributed by atoms with Gasteiger partial charge in [0.1, 0.15) is 11.9 Å². The highest BCUT2D eigenvalue weighted by atomic mass is 16.4. The third kappa shape index (κ3) is 3.50. The average molecular weight is 316 g/mol. The number of aromatic amines is 1. The fraction of sp³-hybridized carbons (Fsp3) is 0.500. The van der Waals surface area contributed by atoms with Crippen LogP contribution in [0.4, 0.5) is 0 Å². The van der Waals surface area contributed by atoms with Crippen molar-refractivity contribution in [2.75, 3.05) is 6.54 Å². The van der Waals surface area contributed by atoms with Gasteiger partial charge in [-0.15, -0.1) is 0 Å². The Hall–Kier alpha value is -2.01. The summed E-state index contributed by atoms with van der Waals surface area (Å²) in [7, 11) is 0. The van der Waals surface area contributed by atoms with E-state index in [1.165, 1.54) is 0 Å². The van der Waals surface area contributed by atoms with Crippen LogP contribution < -0.4 is 0 Å². The Morgan fingerprint density at radius 3 is 3.00 bits per heavy atom. The monoisotopic (exact) mass is 316 g/mol. The molecule has 1 aliphatic heterocycles. The van der Waals surface area contributed by atoms with Crippen LogP contribution in [-0.2, 0) is 0 Å². The van der Waals surface area contributed by atoms with Crippen molar-refractivity contribution in [1.29, 1.82) is 0 Å². The van der Waals surface area contributed by atoms with Gasteiger partial charge in [-0.2, -0.15) is 0 Å². The zero-order valence-corrected chi connectivity index (χ0v) is 13.5. The van der Waals surface area contributed by atoms with Crippen LogP contribution in [-0.4, -0.2) is 33.5 Å². The highest BCUT2D eigenvalue weighted by Gasteiger charge is 2.29. The number of aliphatic hydroxyl groups is 1. The first-order valence-electron chi connectivity index (χ1n) is 8.33. The van der Waals surface area contributed by atoms with Gasteiger partial charge in [-0.05, 0) is 38.0 Å². The summed E-state index contributed by atoms with van der Waals surface area (Å²) in [5, 5.41) is 10.4. The van der Waals surface area contributed by atoms with Crippen LogP contribution in [0.2, 0.25) is 0 Å². The van der Waals surface area contributed by atoms with Crippen molar-refractivity contribution in [2.24, 2.45) is 0 Å². The van der Waals surface area contributed by atoms with Crippen molar-refractivity contribution in [1.82, 2.24) is 9.88 Å². The molecule has 23 heavy (non-hydrogen) atoms. The van der Waals surface area contributed by atoms with Gasteiger partial charge in [0.2, 0.25) is 0 Å². The maximum Gasteiger partial charge on any atom is 0.255 e. The molecule has 124 valence electrons. The van der Waals surface area contributed by atoms with Crippen LogP contribution in [0.25, 0.3) is 0 Å². The molecule has 3 heterocycles. The van der Waals surface area contributed by atoms with Gasteiger partial charge in [0, 0.05) is 30.9 Å². The number of aromatic nitrogens is 1. The number of aliphatic hydroxyl groups excluding tert-OH is 1. The molecule has 0 aliphatic carbocycles. The standard InChI is InChI=1S/C18H24N2O3/c1-13-15(8-9-19-13)18(22)20-10-4-2-3-6-14(20)12-16(21)17-7-5-11-23-17/h5,7-9,11,14,16,19,21H,2-4,6,10,12H2,1H3. The minimum atomic E-state index is -0.671. The molecule has 5 nitrogen and oxygen atoms in total. The molecule has 0 radical (unpaired) electrons. The molecule has 2 aromatic heterocycles. The molecule has 3 rings (SSSR count). The van der Waals surface area contributed by atoms with Gasteiger partial charge in [-0.25, -0.2) is 0 Å². The summed E-state index contributed by atoms with van der Waals surface area (Å²) in [5.74, 6) is 0.627. The predicted octanol–water partition coefficient (Wildman–Crippen LogP) is 3.42. The van der Waals surface area contributed by atoms with Gasteiger partial charge in [0.25, 0.3) is 5.91 Å². The Bertz CT molecular complexity index is 632. The lowest BCUT2D eigenvalue weighted by molar-refractivity contribution is 0.0557. The molecule has 1 fully saturated rings. The molecule has 5 heteroatoms. The molecule has 0 bridgehead atoms. The number of amides is 1. The quantitative estimate of drug-likeness (QED) is 0.908. The lowest BCUT2D eigenvalue weighted by Gasteiger charge is -2.31. The van der Waals surface area contributed by atoms with E-state index >= 15 is 0 Å². The number of furan rings is 1. The number of rotatable bonds is 4. The Morgan fingerprint density at radius 2 is 2.30 bits per heavy atom. The van der Waals surface area contributed by atoms with Gasteiger partial charge < -0.3 is 19.4 Å². The highest BCUT2D eigenvalue weighted by molar-refractivity contribution is 5.95. The van der Waals surface area contributed by atoms with E-state index in [9.17, 15) is 9.90 Å². The number of carbonyl (C=O) groups is 1. The molecular formula is C18H24N2O3. The molecule has 2 N–H and O–H groups in total. The smallest absolute Gasteiger partial charge is 0.255 e. The van der Waals surface area contributed by atoms with Gasteiger partial charge in [0.05, 0.1) is 11.8 Å². The fourth-order valence-corrected chi connectivity index (χ4v) is 3.38. The Kier molecular flexibility index (Phi) is 4.86. The molecule has 0 saturated carbocycles. The van der Waals surface area contributed by atoms with E-state index < -0.39 is 6.10 Å². The van der Waals surface area contributed by atoms with Crippen LogP contribution >= 0.6 is 0 Å². The molecule has 2 aromatic rings. The summed E-state index contributed by atoms with van der Waals surface area (Å²) in [6.45, 7) is 2.66. The molecule has 1 aliphatic rings. The summed E-state index contributed by atoms with van der Waals surface area (Å²) in [6.07, 6.45) is 7.37.